The molecular formula is C18H20N4O3. The summed E-state index contributed by atoms with van der Waals surface area (Å²) in [5.41, 5.74) is 0.839. The highest BCUT2D eigenvalue weighted by molar-refractivity contribution is 5.92. The molecule has 7 heteroatoms. The predicted octanol–water partition coefficient (Wildman–Crippen LogP) is 2.27. The monoisotopic (exact) mass is 340 g/mol. The number of pyridine rings is 1. The molecule has 0 unspecified atom stereocenters. The van der Waals surface area contributed by atoms with Crippen LogP contribution in [-0.4, -0.2) is 27.2 Å². The molecule has 0 aromatic carbocycles. The number of furan rings is 1. The molecule has 3 heterocycles. The maximum Gasteiger partial charge on any atom is 0.256 e. The van der Waals surface area contributed by atoms with E-state index in [1.54, 1.807) is 29.3 Å². The van der Waals surface area contributed by atoms with Crippen LogP contribution in [0, 0.1) is 0 Å². The summed E-state index contributed by atoms with van der Waals surface area (Å²) in [4.78, 5) is 26.9. The van der Waals surface area contributed by atoms with E-state index in [-0.39, 0.29) is 17.5 Å². The molecule has 0 bridgehead atoms. The quantitative estimate of drug-likeness (QED) is 0.673. The summed E-state index contributed by atoms with van der Waals surface area (Å²) in [7, 11) is 0. The topological polar surface area (TPSA) is 92.9 Å². The van der Waals surface area contributed by atoms with Crippen LogP contribution in [0.1, 0.15) is 31.2 Å². The summed E-state index contributed by atoms with van der Waals surface area (Å²) in [5.74, 6) is 0.553. The van der Waals surface area contributed by atoms with Gasteiger partial charge in [0.2, 0.25) is 5.91 Å². The second-order valence-corrected chi connectivity index (χ2v) is 5.99. The molecule has 0 aliphatic heterocycles. The zero-order valence-corrected chi connectivity index (χ0v) is 14.2. The zero-order valence-electron chi connectivity index (χ0n) is 14.2. The Bertz CT molecular complexity index is 949. The average Bonchev–Trinajstić information content (AvgIpc) is 3.22. The lowest BCUT2D eigenvalue weighted by molar-refractivity contribution is -0.116. The molecule has 3 rings (SSSR count). The Hall–Kier alpha value is -3.09. The third-order valence-corrected chi connectivity index (χ3v) is 3.78. The fraction of sp³-hybridized carbons (Fsp3) is 0.278. The van der Waals surface area contributed by atoms with Crippen molar-refractivity contribution in [2.75, 3.05) is 6.54 Å². The molecular weight excluding hydrogens is 320 g/mol. The Kier molecular flexibility index (Phi) is 4.83. The van der Waals surface area contributed by atoms with E-state index < -0.39 is 0 Å². The number of amides is 1. The Balaban J connectivity index is 1.67. The molecule has 25 heavy (non-hydrogen) atoms. The third kappa shape index (κ3) is 3.88. The lowest BCUT2D eigenvalue weighted by Crippen LogP contribution is -2.23. The van der Waals surface area contributed by atoms with Crippen molar-refractivity contribution >= 4 is 23.0 Å². The van der Waals surface area contributed by atoms with E-state index in [9.17, 15) is 9.59 Å². The van der Waals surface area contributed by atoms with Crippen molar-refractivity contribution in [1.29, 1.82) is 0 Å². The van der Waals surface area contributed by atoms with Crippen LogP contribution in [-0.2, 0) is 11.2 Å². The smallest absolute Gasteiger partial charge is 0.256 e. The maximum atomic E-state index is 12.2. The number of hydrogen-bond acceptors (Lipinski definition) is 4. The minimum Gasteiger partial charge on any atom is -0.469 e. The summed E-state index contributed by atoms with van der Waals surface area (Å²) in [6.45, 7) is 4.45. The van der Waals surface area contributed by atoms with Crippen molar-refractivity contribution in [2.45, 2.75) is 26.3 Å². The molecule has 0 radical (unpaired) electrons. The number of carbonyl (C=O) groups excluding carboxylic acids is 1. The number of aromatic nitrogens is 3. The van der Waals surface area contributed by atoms with Crippen LogP contribution in [0.5, 0.6) is 0 Å². The second kappa shape index (κ2) is 7.21. The van der Waals surface area contributed by atoms with Crippen molar-refractivity contribution in [2.24, 2.45) is 0 Å². The molecule has 0 saturated carbocycles. The second-order valence-electron chi connectivity index (χ2n) is 5.99. The molecule has 3 aromatic heterocycles. The SMILES string of the molecule is CC(C)n1ncc2cc(/C=C/C(=O)NCCc3ccco3)c(=O)[nH]c21. The molecule has 0 aliphatic carbocycles. The van der Waals surface area contributed by atoms with Crippen LogP contribution in [0.4, 0.5) is 0 Å². The van der Waals surface area contributed by atoms with Crippen LogP contribution in [0.15, 0.2) is 45.9 Å². The first-order chi connectivity index (χ1) is 12.0. The van der Waals surface area contributed by atoms with E-state index in [0.29, 0.717) is 24.2 Å². The molecule has 7 nitrogen and oxygen atoms in total. The van der Waals surface area contributed by atoms with Crippen molar-refractivity contribution in [3.8, 4) is 0 Å². The summed E-state index contributed by atoms with van der Waals surface area (Å²) in [6, 6.07) is 5.54. The summed E-state index contributed by atoms with van der Waals surface area (Å²) in [6.07, 6.45) is 6.78. The van der Waals surface area contributed by atoms with E-state index in [0.717, 1.165) is 11.1 Å². The average molecular weight is 340 g/mol. The van der Waals surface area contributed by atoms with Gasteiger partial charge < -0.3 is 14.7 Å². The number of rotatable bonds is 6. The van der Waals surface area contributed by atoms with Crippen LogP contribution in [0.2, 0.25) is 0 Å². The first kappa shape index (κ1) is 16.8. The summed E-state index contributed by atoms with van der Waals surface area (Å²) >= 11 is 0. The number of fused-ring (bicyclic) bond motifs is 1. The minimum atomic E-state index is -0.260. The zero-order chi connectivity index (χ0) is 17.8. The first-order valence-electron chi connectivity index (χ1n) is 8.13. The van der Waals surface area contributed by atoms with Gasteiger partial charge in [-0.3, -0.25) is 9.59 Å². The van der Waals surface area contributed by atoms with Crippen LogP contribution < -0.4 is 10.9 Å². The number of nitrogens with zero attached hydrogens (tertiary/aromatic N) is 2. The minimum absolute atomic E-state index is 0.148. The molecule has 0 saturated heterocycles. The van der Waals surface area contributed by atoms with Gasteiger partial charge in [0.05, 0.1) is 12.5 Å². The molecule has 0 atom stereocenters. The highest BCUT2D eigenvalue weighted by atomic mass is 16.3. The number of carbonyl (C=O) groups is 1. The molecule has 2 N–H and O–H groups in total. The summed E-state index contributed by atoms with van der Waals surface area (Å²) in [5, 5.41) is 7.85. The highest BCUT2D eigenvalue weighted by Crippen LogP contribution is 2.15. The van der Waals surface area contributed by atoms with Crippen molar-refractivity contribution in [1.82, 2.24) is 20.1 Å². The van der Waals surface area contributed by atoms with Gasteiger partial charge in [-0.25, -0.2) is 4.68 Å². The molecule has 3 aromatic rings. The lowest BCUT2D eigenvalue weighted by atomic mass is 10.2. The fourth-order valence-electron chi connectivity index (χ4n) is 2.53. The standard InChI is InChI=1S/C18H20N4O3/c1-12(2)22-17-14(11-20-22)10-13(18(24)21-17)5-6-16(23)19-8-7-15-4-3-9-25-15/h3-6,9-12H,7-8H2,1-2H3,(H,19,23)(H,21,24)/b6-5+. The number of aromatic amines is 1. The van der Waals surface area contributed by atoms with Gasteiger partial charge in [0.15, 0.2) is 0 Å². The normalized spacial score (nSPS) is 11.6. The molecule has 130 valence electrons. The third-order valence-electron chi connectivity index (χ3n) is 3.78. The van der Waals surface area contributed by atoms with Gasteiger partial charge in [-0.1, -0.05) is 0 Å². The van der Waals surface area contributed by atoms with E-state index in [1.807, 2.05) is 19.9 Å². The predicted molar refractivity (Wildman–Crippen MR) is 95.2 cm³/mol. The number of nitrogens with one attached hydrogen (secondary N) is 2. The molecule has 0 aliphatic rings. The summed E-state index contributed by atoms with van der Waals surface area (Å²) < 4.78 is 6.95. The van der Waals surface area contributed by atoms with Gasteiger partial charge >= 0.3 is 0 Å². The van der Waals surface area contributed by atoms with Crippen LogP contribution in [0.25, 0.3) is 17.1 Å². The first-order valence-corrected chi connectivity index (χ1v) is 8.13. The Morgan fingerprint density at radius 3 is 3.04 bits per heavy atom. The molecule has 1 amide bonds. The van der Waals surface area contributed by atoms with Gasteiger partial charge in [0, 0.05) is 36.0 Å². The van der Waals surface area contributed by atoms with Gasteiger partial charge in [-0.2, -0.15) is 5.10 Å². The van der Waals surface area contributed by atoms with Gasteiger partial charge in [-0.15, -0.1) is 0 Å². The lowest BCUT2D eigenvalue weighted by Gasteiger charge is -2.06. The highest BCUT2D eigenvalue weighted by Gasteiger charge is 2.09. The fourth-order valence-corrected chi connectivity index (χ4v) is 2.53. The Morgan fingerprint density at radius 1 is 1.48 bits per heavy atom. The number of hydrogen-bond donors (Lipinski definition) is 2. The van der Waals surface area contributed by atoms with Gasteiger partial charge in [-0.05, 0) is 38.1 Å². The van der Waals surface area contributed by atoms with Gasteiger partial charge in [0.25, 0.3) is 5.56 Å². The Morgan fingerprint density at radius 2 is 2.32 bits per heavy atom. The van der Waals surface area contributed by atoms with Crippen molar-refractivity contribution < 1.29 is 9.21 Å². The van der Waals surface area contributed by atoms with E-state index in [2.05, 4.69) is 15.4 Å². The Labute approximate surface area is 144 Å². The molecule has 0 spiro atoms. The van der Waals surface area contributed by atoms with Crippen LogP contribution in [0.3, 0.4) is 0 Å². The van der Waals surface area contributed by atoms with Crippen LogP contribution >= 0.6 is 0 Å². The van der Waals surface area contributed by atoms with Crippen molar-refractivity contribution in [3.63, 3.8) is 0 Å². The van der Waals surface area contributed by atoms with E-state index in [1.165, 1.54) is 12.2 Å². The largest absolute Gasteiger partial charge is 0.469 e. The van der Waals surface area contributed by atoms with Gasteiger partial charge in [0.1, 0.15) is 11.4 Å². The van der Waals surface area contributed by atoms with E-state index >= 15 is 0 Å². The van der Waals surface area contributed by atoms with Crippen molar-refractivity contribution in [3.05, 3.63) is 58.4 Å². The van der Waals surface area contributed by atoms with E-state index in [4.69, 9.17) is 4.42 Å². The maximum absolute atomic E-state index is 12.2. The number of H-pyrrole nitrogens is 1. The molecule has 0 fully saturated rings.